The summed E-state index contributed by atoms with van der Waals surface area (Å²) in [4.78, 5) is 14.2. The van der Waals surface area contributed by atoms with Gasteiger partial charge in [-0.2, -0.15) is 0 Å². The maximum Gasteiger partial charge on any atom is 0.229 e. The molecule has 1 aliphatic rings. The highest BCUT2D eigenvalue weighted by Gasteiger charge is 2.32. The first kappa shape index (κ1) is 13.9. The highest BCUT2D eigenvalue weighted by atomic mass is 16.3. The molecule has 4 nitrogen and oxygen atoms in total. The van der Waals surface area contributed by atoms with E-state index in [0.717, 1.165) is 24.9 Å². The van der Waals surface area contributed by atoms with Gasteiger partial charge in [0.15, 0.2) is 0 Å². The van der Waals surface area contributed by atoms with Crippen molar-refractivity contribution in [1.29, 1.82) is 0 Å². The van der Waals surface area contributed by atoms with Crippen molar-refractivity contribution < 1.29 is 9.90 Å². The minimum Gasteiger partial charge on any atom is -0.399 e. The molecule has 1 aromatic carbocycles. The molecule has 0 radical (unpaired) electrons. The summed E-state index contributed by atoms with van der Waals surface area (Å²) in [5, 5.41) is 10.1. The number of nitrogens with two attached hydrogens (primary N) is 1. The lowest BCUT2D eigenvalue weighted by Gasteiger charge is -2.38. The smallest absolute Gasteiger partial charge is 0.229 e. The van der Waals surface area contributed by atoms with Crippen molar-refractivity contribution in [3.05, 3.63) is 29.8 Å². The number of piperidine rings is 1. The van der Waals surface area contributed by atoms with Crippen molar-refractivity contribution in [3.63, 3.8) is 0 Å². The number of nitrogens with zero attached hydrogens (tertiary/aromatic N) is 1. The fourth-order valence-electron chi connectivity index (χ4n) is 2.65. The lowest BCUT2D eigenvalue weighted by Crippen LogP contribution is -2.49. The van der Waals surface area contributed by atoms with Crippen molar-refractivity contribution in [2.24, 2.45) is 0 Å². The number of carbonyl (C=O) groups excluding carboxylic acids is 1. The molecule has 1 amide bonds. The zero-order valence-corrected chi connectivity index (χ0v) is 11.6. The third-order valence-electron chi connectivity index (χ3n) is 3.77. The Morgan fingerprint density at radius 1 is 1.53 bits per heavy atom. The largest absolute Gasteiger partial charge is 0.399 e. The van der Waals surface area contributed by atoms with Crippen LogP contribution in [-0.4, -0.2) is 34.6 Å². The number of likely N-dealkylation sites (tertiary alicyclic amines) is 1. The zero-order valence-electron chi connectivity index (χ0n) is 11.6. The Balaban J connectivity index is 2.11. The molecule has 19 heavy (non-hydrogen) atoms. The second-order valence-electron chi connectivity index (χ2n) is 5.75. The van der Waals surface area contributed by atoms with E-state index in [2.05, 4.69) is 0 Å². The Morgan fingerprint density at radius 2 is 2.26 bits per heavy atom. The Hall–Kier alpha value is -1.55. The Morgan fingerprint density at radius 3 is 2.89 bits per heavy atom. The van der Waals surface area contributed by atoms with Crippen LogP contribution in [0.4, 0.5) is 5.69 Å². The van der Waals surface area contributed by atoms with Crippen LogP contribution in [0, 0.1) is 0 Å². The maximum atomic E-state index is 12.5. The van der Waals surface area contributed by atoms with Crippen molar-refractivity contribution in [2.75, 3.05) is 18.8 Å². The van der Waals surface area contributed by atoms with Gasteiger partial charge in [-0.1, -0.05) is 12.1 Å². The van der Waals surface area contributed by atoms with Crippen LogP contribution in [0.5, 0.6) is 0 Å². The van der Waals surface area contributed by atoms with E-state index < -0.39 is 5.60 Å². The fourth-order valence-corrected chi connectivity index (χ4v) is 2.65. The van der Waals surface area contributed by atoms with Gasteiger partial charge in [0.1, 0.15) is 0 Å². The summed E-state index contributed by atoms with van der Waals surface area (Å²) < 4.78 is 0. The van der Waals surface area contributed by atoms with Gasteiger partial charge in [-0.3, -0.25) is 4.79 Å². The minimum atomic E-state index is -0.761. The lowest BCUT2D eigenvalue weighted by molar-refractivity contribution is -0.138. The standard InChI is InChI=1S/C15H22N2O2/c1-11(12-5-3-6-13(16)9-12)14(18)17-8-4-7-15(2,19)10-17/h3,5-6,9,11,19H,4,7-8,10,16H2,1-2H3. The summed E-state index contributed by atoms with van der Waals surface area (Å²) in [5.74, 6) is -0.164. The highest BCUT2D eigenvalue weighted by molar-refractivity contribution is 5.83. The average Bonchev–Trinajstić information content (AvgIpc) is 2.36. The van der Waals surface area contributed by atoms with Crippen LogP contribution in [0.2, 0.25) is 0 Å². The van der Waals surface area contributed by atoms with Crippen LogP contribution in [0.25, 0.3) is 0 Å². The van der Waals surface area contributed by atoms with Gasteiger partial charge in [0.05, 0.1) is 11.5 Å². The summed E-state index contributed by atoms with van der Waals surface area (Å²) in [6.45, 7) is 4.82. The molecule has 2 unspecified atom stereocenters. The van der Waals surface area contributed by atoms with Gasteiger partial charge in [-0.15, -0.1) is 0 Å². The molecule has 0 aromatic heterocycles. The summed E-state index contributed by atoms with van der Waals surface area (Å²) in [7, 11) is 0. The molecule has 3 N–H and O–H groups in total. The van der Waals surface area contributed by atoms with E-state index in [1.807, 2.05) is 31.2 Å². The monoisotopic (exact) mass is 262 g/mol. The number of hydrogen-bond acceptors (Lipinski definition) is 3. The van der Waals surface area contributed by atoms with Gasteiger partial charge in [-0.25, -0.2) is 0 Å². The predicted molar refractivity (Wildman–Crippen MR) is 75.7 cm³/mol. The molecule has 0 saturated carbocycles. The number of anilines is 1. The summed E-state index contributed by atoms with van der Waals surface area (Å²) in [5.41, 5.74) is 6.59. The molecule has 0 aliphatic carbocycles. The third-order valence-corrected chi connectivity index (χ3v) is 3.77. The molecule has 2 rings (SSSR count). The van der Waals surface area contributed by atoms with Crippen LogP contribution in [-0.2, 0) is 4.79 Å². The summed E-state index contributed by atoms with van der Waals surface area (Å²) in [6.07, 6.45) is 1.60. The molecule has 0 spiro atoms. The van der Waals surface area contributed by atoms with Gasteiger partial charge in [0, 0.05) is 18.8 Å². The van der Waals surface area contributed by atoms with Crippen LogP contribution in [0.3, 0.4) is 0 Å². The van der Waals surface area contributed by atoms with Crippen molar-refractivity contribution in [1.82, 2.24) is 4.90 Å². The number of β-amino-alcohol motifs (C(OH)–C–C–N with tert-alkyl or cyclic N) is 1. The molecule has 2 atom stereocenters. The third kappa shape index (κ3) is 3.26. The van der Waals surface area contributed by atoms with Crippen LogP contribution in [0.1, 0.15) is 38.2 Å². The number of benzene rings is 1. The summed E-state index contributed by atoms with van der Waals surface area (Å²) >= 11 is 0. The number of carbonyl (C=O) groups is 1. The van der Waals surface area contributed by atoms with Gasteiger partial charge in [0.25, 0.3) is 0 Å². The van der Waals surface area contributed by atoms with Crippen molar-refractivity contribution >= 4 is 11.6 Å². The second kappa shape index (κ2) is 5.21. The van der Waals surface area contributed by atoms with E-state index in [1.54, 1.807) is 11.8 Å². The van der Waals surface area contributed by atoms with E-state index in [0.29, 0.717) is 12.2 Å². The van der Waals surface area contributed by atoms with E-state index in [4.69, 9.17) is 5.73 Å². The molecule has 1 saturated heterocycles. The van der Waals surface area contributed by atoms with Crippen LogP contribution < -0.4 is 5.73 Å². The molecule has 1 aromatic rings. The van der Waals surface area contributed by atoms with E-state index in [1.165, 1.54) is 0 Å². The van der Waals surface area contributed by atoms with Gasteiger partial charge in [0.2, 0.25) is 5.91 Å². The number of nitrogen functional groups attached to an aromatic ring is 1. The topological polar surface area (TPSA) is 66.6 Å². The van der Waals surface area contributed by atoms with Crippen LogP contribution >= 0.6 is 0 Å². The van der Waals surface area contributed by atoms with Crippen LogP contribution in [0.15, 0.2) is 24.3 Å². The number of aliphatic hydroxyl groups is 1. The first-order chi connectivity index (χ1) is 8.89. The SMILES string of the molecule is CC(C(=O)N1CCCC(C)(O)C1)c1cccc(N)c1. The molecule has 104 valence electrons. The molecule has 4 heteroatoms. The average molecular weight is 262 g/mol. The van der Waals surface area contributed by atoms with Gasteiger partial charge >= 0.3 is 0 Å². The first-order valence-electron chi connectivity index (χ1n) is 6.76. The summed E-state index contributed by atoms with van der Waals surface area (Å²) in [6, 6.07) is 7.43. The minimum absolute atomic E-state index is 0.0607. The lowest BCUT2D eigenvalue weighted by atomic mass is 9.92. The molecule has 1 heterocycles. The number of hydrogen-bond donors (Lipinski definition) is 2. The van der Waals surface area contributed by atoms with E-state index >= 15 is 0 Å². The second-order valence-corrected chi connectivity index (χ2v) is 5.75. The number of amides is 1. The Labute approximate surface area is 114 Å². The Bertz CT molecular complexity index is 471. The predicted octanol–water partition coefficient (Wildman–Crippen LogP) is 1.75. The normalized spacial score (nSPS) is 25.1. The highest BCUT2D eigenvalue weighted by Crippen LogP contribution is 2.25. The zero-order chi connectivity index (χ0) is 14.0. The molecular formula is C15H22N2O2. The van der Waals surface area contributed by atoms with E-state index in [-0.39, 0.29) is 11.8 Å². The van der Waals surface area contributed by atoms with Gasteiger partial charge < -0.3 is 15.7 Å². The maximum absolute atomic E-state index is 12.5. The quantitative estimate of drug-likeness (QED) is 0.798. The van der Waals surface area contributed by atoms with Crippen molar-refractivity contribution in [3.8, 4) is 0 Å². The van der Waals surface area contributed by atoms with Crippen molar-refractivity contribution in [2.45, 2.75) is 38.2 Å². The first-order valence-corrected chi connectivity index (χ1v) is 6.76. The molecule has 0 bridgehead atoms. The molecular weight excluding hydrogens is 240 g/mol. The Kier molecular flexibility index (Phi) is 3.80. The molecule has 1 fully saturated rings. The fraction of sp³-hybridized carbons (Fsp3) is 0.533. The number of rotatable bonds is 2. The van der Waals surface area contributed by atoms with E-state index in [9.17, 15) is 9.90 Å². The molecule has 1 aliphatic heterocycles. The van der Waals surface area contributed by atoms with Gasteiger partial charge in [-0.05, 0) is 44.4 Å².